The average molecular weight is 528 g/mol. The molecule has 0 radical (unpaired) electrons. The Balaban J connectivity index is 1.16. The van der Waals surface area contributed by atoms with Gasteiger partial charge in [-0.05, 0) is 55.4 Å². The molecule has 0 spiro atoms. The molecule has 6 nitrogen and oxygen atoms in total. The van der Waals surface area contributed by atoms with E-state index < -0.39 is 5.92 Å². The standard InChI is InChI=1S/C31H31F2N5O/c1-36-12-14-38(15-13-36)29-19-31(32,33)28-18-25(8-9-27(28)29)35-30(39)24-5-2-4-22(16-24)6-7-23-17-26(21-34-20-23)37-10-3-11-37/h2,4-5,8-9,16-18,20-21,29H,3,10-15,19H2,1H3,(H,35,39)/t29-/m0/s1. The minimum absolute atomic E-state index is 0.0120. The van der Waals surface area contributed by atoms with Crippen LogP contribution in [0.5, 0.6) is 0 Å². The molecule has 6 rings (SSSR count). The molecule has 2 aromatic carbocycles. The summed E-state index contributed by atoms with van der Waals surface area (Å²) in [5.74, 6) is 2.95. The molecule has 1 aliphatic carbocycles. The molecular weight excluding hydrogens is 496 g/mol. The quantitative estimate of drug-likeness (QED) is 0.498. The van der Waals surface area contributed by atoms with Gasteiger partial charge in [0.15, 0.2) is 0 Å². The van der Waals surface area contributed by atoms with Gasteiger partial charge in [0.1, 0.15) is 0 Å². The number of halogens is 2. The molecule has 3 aliphatic rings. The molecule has 0 saturated carbocycles. The number of anilines is 2. The van der Waals surface area contributed by atoms with Gasteiger partial charge in [0.05, 0.1) is 11.9 Å². The lowest BCUT2D eigenvalue weighted by Crippen LogP contribution is -2.45. The van der Waals surface area contributed by atoms with Crippen molar-refractivity contribution in [2.24, 2.45) is 0 Å². The third kappa shape index (κ3) is 5.38. The molecule has 200 valence electrons. The molecule has 3 heterocycles. The van der Waals surface area contributed by atoms with Crippen LogP contribution in [0.15, 0.2) is 60.9 Å². The summed E-state index contributed by atoms with van der Waals surface area (Å²) in [5, 5.41) is 2.80. The van der Waals surface area contributed by atoms with E-state index in [-0.39, 0.29) is 23.9 Å². The van der Waals surface area contributed by atoms with Crippen LogP contribution in [0.25, 0.3) is 0 Å². The lowest BCUT2D eigenvalue weighted by Gasteiger charge is -2.36. The van der Waals surface area contributed by atoms with Gasteiger partial charge in [-0.3, -0.25) is 14.7 Å². The molecule has 1 amide bonds. The first-order chi connectivity index (χ1) is 18.9. The van der Waals surface area contributed by atoms with E-state index in [0.29, 0.717) is 22.4 Å². The Morgan fingerprint density at radius 2 is 1.77 bits per heavy atom. The number of hydrogen-bond donors (Lipinski definition) is 1. The third-order valence-electron chi connectivity index (χ3n) is 7.91. The second-order valence-corrected chi connectivity index (χ2v) is 10.6. The van der Waals surface area contributed by atoms with Crippen molar-refractivity contribution in [2.45, 2.75) is 24.8 Å². The highest BCUT2D eigenvalue weighted by Gasteiger charge is 2.47. The van der Waals surface area contributed by atoms with Crippen molar-refractivity contribution in [1.29, 1.82) is 0 Å². The Bertz CT molecular complexity index is 1450. The Labute approximate surface area is 227 Å². The number of aromatic nitrogens is 1. The predicted molar refractivity (Wildman–Crippen MR) is 148 cm³/mol. The number of alkyl halides is 2. The van der Waals surface area contributed by atoms with Crippen molar-refractivity contribution < 1.29 is 13.6 Å². The summed E-state index contributed by atoms with van der Waals surface area (Å²) >= 11 is 0. The second kappa shape index (κ2) is 10.4. The number of rotatable bonds is 4. The van der Waals surface area contributed by atoms with Crippen LogP contribution < -0.4 is 10.2 Å². The normalized spacial score (nSPS) is 20.5. The number of fused-ring (bicyclic) bond motifs is 1. The van der Waals surface area contributed by atoms with Gasteiger partial charge in [0.2, 0.25) is 0 Å². The monoisotopic (exact) mass is 527 g/mol. The highest BCUT2D eigenvalue weighted by molar-refractivity contribution is 6.04. The molecule has 8 heteroatoms. The predicted octanol–water partition coefficient (Wildman–Crippen LogP) is 4.73. The maximum atomic E-state index is 15.1. The van der Waals surface area contributed by atoms with Crippen LogP contribution in [0.1, 0.15) is 51.5 Å². The molecule has 2 aliphatic heterocycles. The zero-order chi connectivity index (χ0) is 27.0. The summed E-state index contributed by atoms with van der Waals surface area (Å²) in [6.45, 7) is 5.36. The molecule has 0 unspecified atom stereocenters. The molecule has 0 bridgehead atoms. The number of nitrogens with one attached hydrogen (secondary N) is 1. The molecule has 3 aromatic rings. The topological polar surface area (TPSA) is 51.7 Å². The molecule has 1 aromatic heterocycles. The summed E-state index contributed by atoms with van der Waals surface area (Å²) in [7, 11) is 2.05. The third-order valence-corrected chi connectivity index (χ3v) is 7.91. The lowest BCUT2D eigenvalue weighted by molar-refractivity contribution is -0.0257. The van der Waals surface area contributed by atoms with Crippen LogP contribution in [0.3, 0.4) is 0 Å². The first-order valence-corrected chi connectivity index (χ1v) is 13.4. The summed E-state index contributed by atoms with van der Waals surface area (Å²) in [6.07, 6.45) is 4.54. The van der Waals surface area contributed by atoms with Crippen LogP contribution in [0.4, 0.5) is 20.2 Å². The fourth-order valence-corrected chi connectivity index (χ4v) is 5.49. The van der Waals surface area contributed by atoms with Gasteiger partial charge in [0.25, 0.3) is 11.8 Å². The second-order valence-electron chi connectivity index (χ2n) is 10.6. The summed E-state index contributed by atoms with van der Waals surface area (Å²) < 4.78 is 30.1. The van der Waals surface area contributed by atoms with Gasteiger partial charge in [0, 0.05) is 85.9 Å². The largest absolute Gasteiger partial charge is 0.370 e. The first-order valence-electron chi connectivity index (χ1n) is 13.4. The van der Waals surface area contributed by atoms with Crippen molar-refractivity contribution >= 4 is 17.3 Å². The molecule has 2 saturated heterocycles. The van der Waals surface area contributed by atoms with E-state index in [2.05, 4.69) is 43.9 Å². The molecule has 1 atom stereocenters. The maximum absolute atomic E-state index is 15.1. The maximum Gasteiger partial charge on any atom is 0.275 e. The Morgan fingerprint density at radius 1 is 0.974 bits per heavy atom. The average Bonchev–Trinajstić information content (AvgIpc) is 3.17. The molecule has 39 heavy (non-hydrogen) atoms. The van der Waals surface area contributed by atoms with Crippen LogP contribution in [-0.4, -0.2) is 67.0 Å². The van der Waals surface area contributed by atoms with E-state index in [1.807, 2.05) is 18.3 Å². The van der Waals surface area contributed by atoms with Crippen LogP contribution in [0.2, 0.25) is 0 Å². The number of pyridine rings is 1. The number of likely N-dealkylation sites (N-methyl/N-ethyl adjacent to an activating group) is 1. The van der Waals surface area contributed by atoms with Crippen molar-refractivity contribution in [1.82, 2.24) is 14.8 Å². The number of piperazine rings is 1. The SMILES string of the molecule is CN1CCN([C@H]2CC(F)(F)c3cc(NC(=O)c4cccc(C#Cc5cncc(N6CCC6)c5)c4)ccc32)CC1. The summed E-state index contributed by atoms with van der Waals surface area (Å²) in [4.78, 5) is 23.9. The first kappa shape index (κ1) is 25.5. The van der Waals surface area contributed by atoms with Crippen molar-refractivity contribution in [3.63, 3.8) is 0 Å². The molecular formula is C31H31F2N5O. The van der Waals surface area contributed by atoms with E-state index in [4.69, 9.17) is 0 Å². The lowest BCUT2D eigenvalue weighted by atomic mass is 10.0. The van der Waals surface area contributed by atoms with Gasteiger partial charge in [-0.15, -0.1) is 0 Å². The van der Waals surface area contributed by atoms with Crippen molar-refractivity contribution in [2.75, 3.05) is 56.5 Å². The van der Waals surface area contributed by atoms with Crippen LogP contribution >= 0.6 is 0 Å². The van der Waals surface area contributed by atoms with E-state index in [0.717, 1.165) is 50.5 Å². The zero-order valence-corrected chi connectivity index (χ0v) is 22.0. The van der Waals surface area contributed by atoms with E-state index in [1.54, 1.807) is 36.5 Å². The Hall–Kier alpha value is -3.80. The van der Waals surface area contributed by atoms with E-state index in [1.165, 1.54) is 12.5 Å². The minimum atomic E-state index is -2.93. The van der Waals surface area contributed by atoms with E-state index >= 15 is 8.78 Å². The highest BCUT2D eigenvalue weighted by Crippen LogP contribution is 2.50. The van der Waals surface area contributed by atoms with Gasteiger partial charge in [-0.2, -0.15) is 0 Å². The number of amides is 1. The van der Waals surface area contributed by atoms with E-state index in [9.17, 15) is 4.79 Å². The number of carbonyl (C=O) groups excluding carboxylic acids is 1. The fraction of sp³-hybridized carbons (Fsp3) is 0.355. The van der Waals surface area contributed by atoms with Gasteiger partial charge >= 0.3 is 0 Å². The number of carbonyl (C=O) groups is 1. The number of nitrogens with zero attached hydrogens (tertiary/aromatic N) is 4. The molecule has 1 N–H and O–H groups in total. The smallest absolute Gasteiger partial charge is 0.275 e. The highest BCUT2D eigenvalue weighted by atomic mass is 19.3. The van der Waals surface area contributed by atoms with Crippen molar-refractivity contribution in [3.8, 4) is 11.8 Å². The Morgan fingerprint density at radius 3 is 2.54 bits per heavy atom. The zero-order valence-electron chi connectivity index (χ0n) is 22.0. The van der Waals surface area contributed by atoms with Gasteiger partial charge in [-0.25, -0.2) is 8.78 Å². The summed E-state index contributed by atoms with van der Waals surface area (Å²) in [5.41, 5.74) is 4.01. The van der Waals surface area contributed by atoms with Crippen LogP contribution in [0, 0.1) is 11.8 Å². The summed E-state index contributed by atoms with van der Waals surface area (Å²) in [6, 6.07) is 13.6. The van der Waals surface area contributed by atoms with Crippen LogP contribution in [-0.2, 0) is 5.92 Å². The van der Waals surface area contributed by atoms with Crippen molar-refractivity contribution in [3.05, 3.63) is 88.7 Å². The Kier molecular flexibility index (Phi) is 6.79. The minimum Gasteiger partial charge on any atom is -0.370 e. The number of hydrogen-bond acceptors (Lipinski definition) is 5. The number of benzene rings is 2. The van der Waals surface area contributed by atoms with Gasteiger partial charge < -0.3 is 15.1 Å². The molecule has 2 fully saturated rings. The van der Waals surface area contributed by atoms with Gasteiger partial charge in [-0.1, -0.05) is 24.0 Å². The fourth-order valence-electron chi connectivity index (χ4n) is 5.49.